The van der Waals surface area contributed by atoms with Crippen LogP contribution in [0.15, 0.2) is 41.6 Å². The summed E-state index contributed by atoms with van der Waals surface area (Å²) < 4.78 is 16.4. The van der Waals surface area contributed by atoms with E-state index in [-0.39, 0.29) is 28.2 Å². The average Bonchev–Trinajstić information content (AvgIpc) is 3.59. The maximum atomic E-state index is 14.9. The first-order chi connectivity index (χ1) is 20.1. The number of carboxylic acid groups (broad SMARTS) is 1. The number of rotatable bonds is 5. The van der Waals surface area contributed by atoms with E-state index in [9.17, 15) is 19.1 Å². The molecule has 2 unspecified atom stereocenters. The lowest BCUT2D eigenvalue weighted by Crippen LogP contribution is -2.38. The molecule has 11 nitrogen and oxygen atoms in total. The Morgan fingerprint density at radius 1 is 1.19 bits per heavy atom. The lowest BCUT2D eigenvalue weighted by molar-refractivity contribution is 0.0695. The van der Waals surface area contributed by atoms with Crippen LogP contribution >= 0.6 is 0 Å². The van der Waals surface area contributed by atoms with E-state index in [1.165, 1.54) is 23.0 Å². The summed E-state index contributed by atoms with van der Waals surface area (Å²) in [4.78, 5) is 42.7. The highest BCUT2D eigenvalue weighted by molar-refractivity contribution is 6.18. The molecule has 0 spiro atoms. The molecule has 0 aliphatic carbocycles. The molecule has 0 amide bonds. The zero-order chi connectivity index (χ0) is 29.5. The van der Waals surface area contributed by atoms with Gasteiger partial charge in [0.2, 0.25) is 5.43 Å². The highest BCUT2D eigenvalue weighted by atomic mass is 19.1. The molecule has 5 aromatic rings. The van der Waals surface area contributed by atoms with Crippen LogP contribution in [-0.2, 0) is 0 Å². The summed E-state index contributed by atoms with van der Waals surface area (Å²) >= 11 is 0. The van der Waals surface area contributed by atoms with Crippen LogP contribution in [0.25, 0.3) is 44.1 Å². The number of carbonyl (C=O) groups is 1. The van der Waals surface area contributed by atoms with Crippen molar-refractivity contribution in [2.45, 2.75) is 19.4 Å². The van der Waals surface area contributed by atoms with Gasteiger partial charge in [-0.2, -0.15) is 0 Å². The number of nitrogens with zero attached hydrogens (tertiary/aromatic N) is 5. The molecule has 216 valence electrons. The van der Waals surface area contributed by atoms with Crippen molar-refractivity contribution < 1.29 is 14.3 Å². The summed E-state index contributed by atoms with van der Waals surface area (Å²) in [5, 5.41) is 14.4. The first-order valence-electron chi connectivity index (χ1n) is 13.9. The second-order valence-corrected chi connectivity index (χ2v) is 11.7. The number of aromatic nitrogens is 4. The quantitative estimate of drug-likeness (QED) is 0.250. The number of H-pyrrole nitrogens is 1. The first kappa shape index (κ1) is 26.2. The van der Waals surface area contributed by atoms with Gasteiger partial charge in [0.1, 0.15) is 17.0 Å². The van der Waals surface area contributed by atoms with Crippen molar-refractivity contribution in [2.24, 2.45) is 5.41 Å². The lowest BCUT2D eigenvalue weighted by Gasteiger charge is -2.32. The minimum atomic E-state index is -1.32. The summed E-state index contributed by atoms with van der Waals surface area (Å²) in [5.41, 5.74) is 6.56. The Balaban J connectivity index is 1.56. The molecule has 2 saturated heterocycles. The molecule has 2 aliphatic heterocycles. The van der Waals surface area contributed by atoms with Gasteiger partial charge in [0, 0.05) is 80.3 Å². The largest absolute Gasteiger partial charge is 0.477 e. The first-order valence-corrected chi connectivity index (χ1v) is 13.9. The average molecular weight is 571 g/mol. The fraction of sp³-hybridized carbons (Fsp3) is 0.333. The maximum Gasteiger partial charge on any atom is 0.341 e. The number of carboxylic acids is 1. The van der Waals surface area contributed by atoms with Crippen LogP contribution in [0.2, 0.25) is 0 Å². The molecule has 0 radical (unpaired) electrons. The Morgan fingerprint density at radius 2 is 2.00 bits per heavy atom. The third kappa shape index (κ3) is 3.67. The Bertz CT molecular complexity index is 2000. The Morgan fingerprint density at radius 3 is 2.74 bits per heavy atom. The second-order valence-electron chi connectivity index (χ2n) is 11.7. The number of fused-ring (bicyclic) bond motifs is 5. The number of aromatic carboxylic acids is 1. The van der Waals surface area contributed by atoms with E-state index in [4.69, 9.17) is 4.98 Å². The molecule has 4 N–H and O–H groups in total. The Kier molecular flexibility index (Phi) is 5.71. The molecule has 2 fully saturated rings. The molecule has 12 heteroatoms. The molecule has 0 bridgehead atoms. The van der Waals surface area contributed by atoms with Crippen molar-refractivity contribution in [3.63, 3.8) is 0 Å². The standard InChI is InChI=1S/C30H31FN8O3/c1-30-5-6-38(22(30)13-37(4)14-30)25-19(11-34-27-23(25)17-8-16(31)9-21(32-2)24(17)36-27)15-7-18-26(40)20(29(41)42)12-39(33-3)28(18)35-10-15/h7-12,22,32-33H,5-6,13-14H2,1-4H3,(H,34,36)(H,41,42). The number of hydrogen-bond donors (Lipinski definition) is 4. The summed E-state index contributed by atoms with van der Waals surface area (Å²) in [6.07, 6.45) is 5.67. The SMILES string of the molecule is CNc1cc(F)cc2c1[nH]c1ncc(-c3cnc4c(c3)c(=O)c(C(=O)O)cn4NC)c(N3CCC4(C)CN(C)CC34)c12. The molecule has 2 aliphatic rings. The number of aromatic amines is 1. The van der Waals surface area contributed by atoms with Crippen LogP contribution in [0, 0.1) is 11.2 Å². The third-order valence-corrected chi connectivity index (χ3v) is 9.07. The zero-order valence-corrected chi connectivity index (χ0v) is 23.7. The van der Waals surface area contributed by atoms with Gasteiger partial charge in [-0.1, -0.05) is 6.92 Å². The van der Waals surface area contributed by atoms with Crippen LogP contribution < -0.4 is 21.1 Å². The molecule has 7 rings (SSSR count). The summed E-state index contributed by atoms with van der Waals surface area (Å²) in [7, 11) is 5.51. The highest BCUT2D eigenvalue weighted by Crippen LogP contribution is 2.49. The van der Waals surface area contributed by atoms with E-state index in [0.29, 0.717) is 27.9 Å². The van der Waals surface area contributed by atoms with Crippen LogP contribution in [0.4, 0.5) is 15.8 Å². The second kappa shape index (κ2) is 9.15. The van der Waals surface area contributed by atoms with E-state index >= 15 is 0 Å². The van der Waals surface area contributed by atoms with Gasteiger partial charge in [-0.15, -0.1) is 0 Å². The molecule has 4 aromatic heterocycles. The summed E-state index contributed by atoms with van der Waals surface area (Å²) in [5.74, 6) is -1.68. The number of likely N-dealkylation sites (N-methyl/N-ethyl adjacent to an activating group) is 1. The number of nitrogens with one attached hydrogen (secondary N) is 3. The maximum absolute atomic E-state index is 14.9. The molecule has 42 heavy (non-hydrogen) atoms. The molecular formula is C30H31FN8O3. The van der Waals surface area contributed by atoms with E-state index in [1.807, 2.05) is 0 Å². The minimum absolute atomic E-state index is 0.0770. The highest BCUT2D eigenvalue weighted by Gasteiger charge is 2.50. The number of likely N-dealkylation sites (tertiary alicyclic amines) is 1. The van der Waals surface area contributed by atoms with Gasteiger partial charge in [0.25, 0.3) is 0 Å². The van der Waals surface area contributed by atoms with Crippen molar-refractivity contribution in [3.8, 4) is 11.1 Å². The van der Waals surface area contributed by atoms with E-state index in [2.05, 4.69) is 44.5 Å². The Hall–Kier alpha value is -4.71. The van der Waals surface area contributed by atoms with Crippen LogP contribution in [0.5, 0.6) is 0 Å². The van der Waals surface area contributed by atoms with Gasteiger partial charge in [0.15, 0.2) is 5.65 Å². The van der Waals surface area contributed by atoms with E-state index in [0.717, 1.165) is 48.2 Å². The van der Waals surface area contributed by atoms with Gasteiger partial charge in [-0.25, -0.2) is 23.8 Å². The topological polar surface area (TPSA) is 131 Å². The van der Waals surface area contributed by atoms with E-state index in [1.54, 1.807) is 32.6 Å². The van der Waals surface area contributed by atoms with Gasteiger partial charge < -0.3 is 30.6 Å². The summed E-state index contributed by atoms with van der Waals surface area (Å²) in [6.45, 7) is 4.98. The monoisotopic (exact) mass is 570 g/mol. The van der Waals surface area contributed by atoms with Crippen LogP contribution in [-0.4, -0.2) is 82.4 Å². The molecular weight excluding hydrogens is 539 g/mol. The predicted octanol–water partition coefficient (Wildman–Crippen LogP) is 3.68. The van der Waals surface area contributed by atoms with Crippen LogP contribution in [0.3, 0.4) is 0 Å². The number of halogens is 1. The van der Waals surface area contributed by atoms with Gasteiger partial charge in [-0.05, 0) is 31.7 Å². The van der Waals surface area contributed by atoms with Gasteiger partial charge >= 0.3 is 5.97 Å². The number of pyridine rings is 3. The minimum Gasteiger partial charge on any atom is -0.477 e. The molecule has 2 atom stereocenters. The Labute approximate surface area is 239 Å². The predicted molar refractivity (Wildman–Crippen MR) is 162 cm³/mol. The number of benzene rings is 1. The van der Waals surface area contributed by atoms with Crippen molar-refractivity contribution in [1.29, 1.82) is 0 Å². The fourth-order valence-electron chi connectivity index (χ4n) is 7.12. The van der Waals surface area contributed by atoms with E-state index < -0.39 is 11.4 Å². The molecule has 0 saturated carbocycles. The summed E-state index contributed by atoms with van der Waals surface area (Å²) in [6, 6.07) is 4.88. The van der Waals surface area contributed by atoms with Crippen molar-refractivity contribution in [3.05, 3.63) is 58.4 Å². The molecule has 1 aromatic carbocycles. The third-order valence-electron chi connectivity index (χ3n) is 9.07. The normalized spacial score (nSPS) is 20.6. The van der Waals surface area contributed by atoms with Gasteiger partial charge in [0.05, 0.1) is 27.7 Å². The zero-order valence-electron chi connectivity index (χ0n) is 23.7. The van der Waals surface area contributed by atoms with Crippen molar-refractivity contribution >= 4 is 50.3 Å². The number of hydrogen-bond acceptors (Lipinski definition) is 8. The smallest absolute Gasteiger partial charge is 0.341 e. The van der Waals surface area contributed by atoms with Crippen LogP contribution in [0.1, 0.15) is 23.7 Å². The fourth-order valence-corrected chi connectivity index (χ4v) is 7.12. The van der Waals surface area contributed by atoms with Crippen molar-refractivity contribution in [1.82, 2.24) is 24.5 Å². The number of anilines is 2. The lowest BCUT2D eigenvalue weighted by atomic mass is 9.85. The van der Waals surface area contributed by atoms with Crippen molar-refractivity contribution in [2.75, 3.05) is 56.4 Å². The van der Waals surface area contributed by atoms with Gasteiger partial charge in [-0.3, -0.25) is 4.79 Å². The molecule has 6 heterocycles.